The normalized spacial score (nSPS) is 16.4. The van der Waals surface area contributed by atoms with E-state index in [4.69, 9.17) is 10.5 Å². The molecule has 0 unspecified atom stereocenters. The third kappa shape index (κ3) is 3.01. The summed E-state index contributed by atoms with van der Waals surface area (Å²) in [5, 5.41) is 16.6. The smallest absolute Gasteiger partial charge is 0.387 e. The minimum atomic E-state index is -2.98. The Bertz CT molecular complexity index is 855. The molecule has 0 radical (unpaired) electrons. The molecule has 1 aromatic heterocycles. The first-order valence-electron chi connectivity index (χ1n) is 7.75. The monoisotopic (exact) mass is 346 g/mol. The number of benzene rings is 1. The third-order valence-electron chi connectivity index (χ3n) is 3.96. The number of nitrogens with zero attached hydrogens (tertiary/aromatic N) is 2. The van der Waals surface area contributed by atoms with Gasteiger partial charge in [0.25, 0.3) is 0 Å². The zero-order valence-corrected chi connectivity index (χ0v) is 13.4. The molecule has 0 saturated carbocycles. The van der Waals surface area contributed by atoms with Crippen molar-refractivity contribution in [3.05, 3.63) is 52.5 Å². The Balaban J connectivity index is 2.21. The highest BCUT2D eigenvalue weighted by Gasteiger charge is 2.36. The SMILES string of the molecule is CCCc1[nH]nc2c1[C@@H](c1ccccc1OC(F)F)C(C#N)=C(N)O2. The summed E-state index contributed by atoms with van der Waals surface area (Å²) in [6, 6.07) is 8.36. The van der Waals surface area contributed by atoms with Gasteiger partial charge >= 0.3 is 6.61 Å². The van der Waals surface area contributed by atoms with Crippen molar-refractivity contribution >= 4 is 0 Å². The number of nitrogens with two attached hydrogens (primary N) is 1. The van der Waals surface area contributed by atoms with Crippen LogP contribution in [0.2, 0.25) is 0 Å². The minimum Gasteiger partial charge on any atom is -0.435 e. The number of halogens is 2. The lowest BCUT2D eigenvalue weighted by Gasteiger charge is -2.25. The molecule has 8 heteroatoms. The Kier molecular flexibility index (Phi) is 4.57. The summed E-state index contributed by atoms with van der Waals surface area (Å²) in [7, 11) is 0. The Morgan fingerprint density at radius 1 is 1.44 bits per heavy atom. The lowest BCUT2D eigenvalue weighted by molar-refractivity contribution is -0.0504. The van der Waals surface area contributed by atoms with Crippen LogP contribution >= 0.6 is 0 Å². The largest absolute Gasteiger partial charge is 0.435 e. The van der Waals surface area contributed by atoms with E-state index in [0.717, 1.165) is 12.1 Å². The second-order valence-electron chi connectivity index (χ2n) is 5.51. The number of rotatable bonds is 5. The van der Waals surface area contributed by atoms with E-state index in [-0.39, 0.29) is 23.1 Å². The highest BCUT2D eigenvalue weighted by atomic mass is 19.3. The van der Waals surface area contributed by atoms with Crippen molar-refractivity contribution in [1.29, 1.82) is 5.26 Å². The summed E-state index contributed by atoms with van der Waals surface area (Å²) in [5.74, 6) is -0.554. The van der Waals surface area contributed by atoms with E-state index in [2.05, 4.69) is 14.9 Å². The van der Waals surface area contributed by atoms with Crippen molar-refractivity contribution in [1.82, 2.24) is 10.2 Å². The summed E-state index contributed by atoms with van der Waals surface area (Å²) in [4.78, 5) is 0. The van der Waals surface area contributed by atoms with Gasteiger partial charge in [-0.2, -0.15) is 14.0 Å². The molecule has 0 amide bonds. The fraction of sp³-hybridized carbons (Fsp3) is 0.294. The number of aryl methyl sites for hydroxylation is 1. The van der Waals surface area contributed by atoms with E-state index in [1.807, 2.05) is 13.0 Å². The zero-order valence-electron chi connectivity index (χ0n) is 13.4. The van der Waals surface area contributed by atoms with Crippen molar-refractivity contribution in [3.8, 4) is 17.7 Å². The highest BCUT2D eigenvalue weighted by molar-refractivity contribution is 5.58. The van der Waals surface area contributed by atoms with E-state index < -0.39 is 12.5 Å². The van der Waals surface area contributed by atoms with Crippen LogP contribution in [0.1, 0.15) is 36.1 Å². The number of alkyl halides is 2. The summed E-state index contributed by atoms with van der Waals surface area (Å²) in [5.41, 5.74) is 7.80. The molecular weight excluding hydrogens is 330 g/mol. The van der Waals surface area contributed by atoms with Crippen molar-refractivity contribution in [3.63, 3.8) is 0 Å². The van der Waals surface area contributed by atoms with Crippen molar-refractivity contribution in [2.45, 2.75) is 32.3 Å². The van der Waals surface area contributed by atoms with E-state index in [0.29, 0.717) is 17.5 Å². The molecule has 6 nitrogen and oxygen atoms in total. The summed E-state index contributed by atoms with van der Waals surface area (Å²) in [6.07, 6.45) is 1.50. The Hall–Kier alpha value is -3.08. The molecule has 1 aliphatic heterocycles. The van der Waals surface area contributed by atoms with Gasteiger partial charge in [-0.15, -0.1) is 5.10 Å². The number of allylic oxidation sites excluding steroid dienone is 1. The second-order valence-corrected chi connectivity index (χ2v) is 5.51. The van der Waals surface area contributed by atoms with E-state index >= 15 is 0 Å². The standard InChI is InChI=1S/C17H16F2N4O2/c1-2-5-11-14-13(9-6-3-4-7-12(9)24-17(18)19)10(8-20)15(21)25-16(14)23-22-11/h3-4,6-7,13,17H,2,5,21H2,1H3,(H,22,23)/t13-/m0/s1. The molecule has 0 aliphatic carbocycles. The number of hydrogen-bond acceptors (Lipinski definition) is 5. The van der Waals surface area contributed by atoms with Gasteiger partial charge in [0.1, 0.15) is 17.4 Å². The topological polar surface area (TPSA) is 97.0 Å². The van der Waals surface area contributed by atoms with Gasteiger partial charge in [-0.25, -0.2) is 0 Å². The van der Waals surface area contributed by atoms with Crippen LogP contribution in [0.3, 0.4) is 0 Å². The third-order valence-corrected chi connectivity index (χ3v) is 3.96. The summed E-state index contributed by atoms with van der Waals surface area (Å²) in [6.45, 7) is -0.985. The molecular formula is C17H16F2N4O2. The van der Waals surface area contributed by atoms with Crippen LogP contribution < -0.4 is 15.2 Å². The maximum atomic E-state index is 12.8. The first kappa shape index (κ1) is 16.8. The number of para-hydroxylation sites is 1. The zero-order chi connectivity index (χ0) is 18.0. The molecule has 0 saturated heterocycles. The van der Waals surface area contributed by atoms with Crippen molar-refractivity contribution in [2.75, 3.05) is 0 Å². The molecule has 1 aliphatic rings. The van der Waals surface area contributed by atoms with E-state index in [1.165, 1.54) is 6.07 Å². The second kappa shape index (κ2) is 6.81. The van der Waals surface area contributed by atoms with Gasteiger partial charge in [0.2, 0.25) is 11.8 Å². The molecule has 0 fully saturated rings. The summed E-state index contributed by atoms with van der Waals surface area (Å²) < 4.78 is 35.7. The average Bonchev–Trinajstić information content (AvgIpc) is 2.96. The van der Waals surface area contributed by atoms with Gasteiger partial charge in [-0.05, 0) is 12.5 Å². The van der Waals surface area contributed by atoms with Crippen LogP contribution in [0.15, 0.2) is 35.7 Å². The Labute approximate surface area is 142 Å². The fourth-order valence-corrected chi connectivity index (χ4v) is 2.98. The van der Waals surface area contributed by atoms with Gasteiger partial charge in [-0.1, -0.05) is 31.5 Å². The predicted octanol–water partition coefficient (Wildman–Crippen LogP) is 3.18. The number of nitriles is 1. The van der Waals surface area contributed by atoms with Crippen molar-refractivity contribution in [2.24, 2.45) is 5.73 Å². The van der Waals surface area contributed by atoms with Crippen LogP contribution in [0.4, 0.5) is 8.78 Å². The molecule has 130 valence electrons. The number of H-pyrrole nitrogens is 1. The number of aromatic nitrogens is 2. The molecule has 2 aromatic rings. The number of hydrogen-bond donors (Lipinski definition) is 2. The van der Waals surface area contributed by atoms with Gasteiger partial charge in [0, 0.05) is 11.3 Å². The maximum Gasteiger partial charge on any atom is 0.387 e. The van der Waals surface area contributed by atoms with E-state index in [1.54, 1.807) is 18.2 Å². The molecule has 0 spiro atoms. The molecule has 2 heterocycles. The van der Waals surface area contributed by atoms with Crippen LogP contribution in [0.5, 0.6) is 11.6 Å². The molecule has 1 atom stereocenters. The van der Waals surface area contributed by atoms with Crippen LogP contribution in [-0.2, 0) is 6.42 Å². The Morgan fingerprint density at radius 2 is 2.20 bits per heavy atom. The van der Waals surface area contributed by atoms with Crippen LogP contribution in [0.25, 0.3) is 0 Å². The van der Waals surface area contributed by atoms with Gasteiger partial charge in [0.05, 0.1) is 11.5 Å². The lowest BCUT2D eigenvalue weighted by Crippen LogP contribution is -2.22. The maximum absolute atomic E-state index is 12.8. The first-order valence-corrected chi connectivity index (χ1v) is 7.75. The van der Waals surface area contributed by atoms with E-state index in [9.17, 15) is 14.0 Å². The number of aromatic amines is 1. The van der Waals surface area contributed by atoms with Crippen LogP contribution in [-0.4, -0.2) is 16.8 Å². The molecule has 3 N–H and O–H groups in total. The fourth-order valence-electron chi connectivity index (χ4n) is 2.98. The predicted molar refractivity (Wildman–Crippen MR) is 85.0 cm³/mol. The molecule has 25 heavy (non-hydrogen) atoms. The molecule has 3 rings (SSSR count). The summed E-state index contributed by atoms with van der Waals surface area (Å²) >= 11 is 0. The van der Waals surface area contributed by atoms with Gasteiger partial charge < -0.3 is 15.2 Å². The average molecular weight is 346 g/mol. The van der Waals surface area contributed by atoms with Gasteiger partial charge in [-0.3, -0.25) is 5.10 Å². The number of ether oxygens (including phenoxy) is 2. The molecule has 0 bridgehead atoms. The number of nitrogens with one attached hydrogen (secondary N) is 1. The minimum absolute atomic E-state index is 0.0143. The first-order chi connectivity index (χ1) is 12.1. The van der Waals surface area contributed by atoms with Gasteiger partial charge in [0.15, 0.2) is 0 Å². The lowest BCUT2D eigenvalue weighted by atomic mass is 9.83. The van der Waals surface area contributed by atoms with Crippen molar-refractivity contribution < 1.29 is 18.3 Å². The quantitative estimate of drug-likeness (QED) is 0.867. The Morgan fingerprint density at radius 3 is 2.88 bits per heavy atom. The molecule has 1 aromatic carbocycles. The highest BCUT2D eigenvalue weighted by Crippen LogP contribution is 2.45. The number of fused-ring (bicyclic) bond motifs is 1. The van der Waals surface area contributed by atoms with Crippen LogP contribution in [0, 0.1) is 11.3 Å².